The summed E-state index contributed by atoms with van der Waals surface area (Å²) in [7, 11) is 0. The third-order valence-electron chi connectivity index (χ3n) is 1.44. The Bertz CT molecular complexity index is 184. The minimum Gasteiger partial charge on any atom is -0.476 e. The van der Waals surface area contributed by atoms with Gasteiger partial charge >= 0.3 is 0 Å². The zero-order valence-electron chi connectivity index (χ0n) is 6.26. The average Bonchev–Trinajstić information content (AvgIpc) is 2.36. The molecule has 1 aliphatic heterocycles. The summed E-state index contributed by atoms with van der Waals surface area (Å²) < 4.78 is 5.24. The van der Waals surface area contributed by atoms with Crippen LogP contribution in [0.3, 0.4) is 0 Å². The van der Waals surface area contributed by atoms with Crippen LogP contribution in [0, 0.1) is 0 Å². The number of nitrogens with two attached hydrogens (primary N) is 1. The van der Waals surface area contributed by atoms with Crippen molar-refractivity contribution < 1.29 is 4.74 Å². The van der Waals surface area contributed by atoms with Crippen LogP contribution in [0.15, 0.2) is 12.3 Å². The number of hydrogen-bond acceptors (Lipinski definition) is 3. The van der Waals surface area contributed by atoms with Crippen LogP contribution in [0.5, 0.6) is 0 Å². The second kappa shape index (κ2) is 3.06. The van der Waals surface area contributed by atoms with E-state index in [1.807, 2.05) is 13.0 Å². The van der Waals surface area contributed by atoms with Crippen molar-refractivity contribution >= 4 is 17.3 Å². The van der Waals surface area contributed by atoms with Gasteiger partial charge in [0.05, 0.1) is 6.26 Å². The molecule has 4 N–H and O–H groups in total. The summed E-state index contributed by atoms with van der Waals surface area (Å²) in [5, 5.41) is 3.30. The molecule has 0 saturated carbocycles. The Hall–Kier alpha value is -0.810. The molecule has 0 aliphatic carbocycles. The van der Waals surface area contributed by atoms with Crippen molar-refractivity contribution in [2.24, 2.45) is 5.84 Å². The standard InChI is InChI=1S/C6H11N3OS/c1-6(3-2-4-10-6)8-5(11)9-7/h2,4H,3,7H2,1H3,(H2,8,9,11). The highest BCUT2D eigenvalue weighted by molar-refractivity contribution is 7.80. The van der Waals surface area contributed by atoms with Gasteiger partial charge in [0.1, 0.15) is 0 Å². The van der Waals surface area contributed by atoms with Crippen LogP contribution in [0.4, 0.5) is 0 Å². The molecule has 0 fully saturated rings. The lowest BCUT2D eigenvalue weighted by Gasteiger charge is -2.25. The Balaban J connectivity index is 2.41. The molecule has 0 spiro atoms. The van der Waals surface area contributed by atoms with E-state index in [9.17, 15) is 0 Å². The Morgan fingerprint density at radius 3 is 3.00 bits per heavy atom. The first-order valence-corrected chi connectivity index (χ1v) is 3.69. The van der Waals surface area contributed by atoms with Crippen LogP contribution < -0.4 is 16.6 Å². The van der Waals surface area contributed by atoms with E-state index in [1.54, 1.807) is 6.26 Å². The van der Waals surface area contributed by atoms with Crippen LogP contribution in [0.2, 0.25) is 0 Å². The second-order valence-electron chi connectivity index (χ2n) is 2.52. The number of ether oxygens (including phenoxy) is 1. The fourth-order valence-corrected chi connectivity index (χ4v) is 1.09. The maximum atomic E-state index is 5.24. The van der Waals surface area contributed by atoms with Gasteiger partial charge < -0.3 is 15.5 Å². The smallest absolute Gasteiger partial charge is 0.183 e. The average molecular weight is 173 g/mol. The molecule has 62 valence electrons. The van der Waals surface area contributed by atoms with Gasteiger partial charge in [-0.25, -0.2) is 5.84 Å². The summed E-state index contributed by atoms with van der Waals surface area (Å²) in [4.78, 5) is 0. The maximum Gasteiger partial charge on any atom is 0.183 e. The van der Waals surface area contributed by atoms with Crippen molar-refractivity contribution in [3.63, 3.8) is 0 Å². The molecule has 4 nitrogen and oxygen atoms in total. The van der Waals surface area contributed by atoms with Gasteiger partial charge in [-0.3, -0.25) is 0 Å². The fraction of sp³-hybridized carbons (Fsp3) is 0.500. The first-order chi connectivity index (χ1) is 5.16. The fourth-order valence-electron chi connectivity index (χ4n) is 0.876. The van der Waals surface area contributed by atoms with E-state index < -0.39 is 5.72 Å². The van der Waals surface area contributed by atoms with Crippen LogP contribution in [0.25, 0.3) is 0 Å². The van der Waals surface area contributed by atoms with Gasteiger partial charge in [-0.2, -0.15) is 0 Å². The second-order valence-corrected chi connectivity index (χ2v) is 2.93. The van der Waals surface area contributed by atoms with E-state index in [4.69, 9.17) is 22.8 Å². The summed E-state index contributed by atoms with van der Waals surface area (Å²) in [5.41, 5.74) is 1.90. The highest BCUT2D eigenvalue weighted by atomic mass is 32.1. The van der Waals surface area contributed by atoms with Gasteiger partial charge in [-0.05, 0) is 25.2 Å². The maximum absolute atomic E-state index is 5.24. The normalized spacial score (nSPS) is 27.8. The van der Waals surface area contributed by atoms with Crippen LogP contribution >= 0.6 is 12.2 Å². The summed E-state index contributed by atoms with van der Waals surface area (Å²) >= 11 is 4.81. The highest BCUT2D eigenvalue weighted by Gasteiger charge is 2.27. The monoisotopic (exact) mass is 173 g/mol. The minimum atomic E-state index is -0.427. The molecule has 0 aromatic rings. The van der Waals surface area contributed by atoms with Crippen molar-refractivity contribution in [1.29, 1.82) is 0 Å². The SMILES string of the molecule is CC1(NC(=S)NN)CC=CO1. The summed E-state index contributed by atoms with van der Waals surface area (Å²) in [6.07, 6.45) is 4.35. The van der Waals surface area contributed by atoms with Crippen LogP contribution in [-0.2, 0) is 4.74 Å². The van der Waals surface area contributed by atoms with E-state index in [0.29, 0.717) is 5.11 Å². The van der Waals surface area contributed by atoms with Crippen molar-refractivity contribution in [2.75, 3.05) is 0 Å². The molecule has 0 saturated heterocycles. The predicted octanol–water partition coefficient (Wildman–Crippen LogP) is -0.0256. The van der Waals surface area contributed by atoms with Gasteiger partial charge in [-0.15, -0.1) is 0 Å². The number of hydrogen-bond donors (Lipinski definition) is 3. The molecule has 1 atom stereocenters. The molecule has 1 unspecified atom stereocenters. The molecule has 1 heterocycles. The quantitative estimate of drug-likeness (QED) is 0.295. The minimum absolute atomic E-state index is 0.385. The third-order valence-corrected chi connectivity index (χ3v) is 1.66. The van der Waals surface area contributed by atoms with Gasteiger partial charge in [0.2, 0.25) is 0 Å². The van der Waals surface area contributed by atoms with E-state index in [2.05, 4.69) is 10.7 Å². The van der Waals surface area contributed by atoms with Gasteiger partial charge in [0, 0.05) is 6.42 Å². The molecular formula is C6H11N3OS. The topological polar surface area (TPSA) is 59.3 Å². The highest BCUT2D eigenvalue weighted by Crippen LogP contribution is 2.18. The Morgan fingerprint density at radius 2 is 2.55 bits per heavy atom. The first kappa shape index (κ1) is 8.29. The lowest BCUT2D eigenvalue weighted by molar-refractivity contribution is 0.0485. The molecule has 0 amide bonds. The Morgan fingerprint density at radius 1 is 1.82 bits per heavy atom. The van der Waals surface area contributed by atoms with Gasteiger partial charge in [-0.1, -0.05) is 0 Å². The van der Waals surface area contributed by atoms with E-state index in [1.165, 1.54) is 0 Å². The van der Waals surface area contributed by atoms with E-state index in [0.717, 1.165) is 6.42 Å². The molecule has 5 heteroatoms. The molecule has 1 aliphatic rings. The molecule has 0 aromatic heterocycles. The largest absolute Gasteiger partial charge is 0.476 e. The zero-order valence-corrected chi connectivity index (χ0v) is 7.07. The van der Waals surface area contributed by atoms with Crippen molar-refractivity contribution in [3.05, 3.63) is 12.3 Å². The number of nitrogens with one attached hydrogen (secondary N) is 2. The number of thiocarbonyl (C=S) groups is 1. The summed E-state index contributed by atoms with van der Waals surface area (Å²) in [5.74, 6) is 5.08. The molecule has 11 heavy (non-hydrogen) atoms. The lowest BCUT2D eigenvalue weighted by atomic mass is 10.2. The number of rotatable bonds is 1. The lowest BCUT2D eigenvalue weighted by Crippen LogP contribution is -2.51. The zero-order chi connectivity index (χ0) is 8.32. The predicted molar refractivity (Wildman–Crippen MR) is 46.3 cm³/mol. The van der Waals surface area contributed by atoms with Gasteiger partial charge in [0.15, 0.2) is 10.8 Å². The Kier molecular flexibility index (Phi) is 2.31. The number of hydrazine groups is 1. The molecule has 1 rings (SSSR count). The van der Waals surface area contributed by atoms with Crippen LogP contribution in [-0.4, -0.2) is 10.8 Å². The van der Waals surface area contributed by atoms with E-state index in [-0.39, 0.29) is 0 Å². The molecule has 0 radical (unpaired) electrons. The summed E-state index contributed by atoms with van der Waals surface area (Å²) in [6, 6.07) is 0. The Labute approximate surface area is 70.8 Å². The first-order valence-electron chi connectivity index (χ1n) is 3.28. The van der Waals surface area contributed by atoms with Crippen LogP contribution in [0.1, 0.15) is 13.3 Å². The molecular weight excluding hydrogens is 162 g/mol. The summed E-state index contributed by atoms with van der Waals surface area (Å²) in [6.45, 7) is 1.90. The van der Waals surface area contributed by atoms with E-state index >= 15 is 0 Å². The van der Waals surface area contributed by atoms with Gasteiger partial charge in [0.25, 0.3) is 0 Å². The molecule has 0 aromatic carbocycles. The van der Waals surface area contributed by atoms with Crippen molar-refractivity contribution in [1.82, 2.24) is 10.7 Å². The third kappa shape index (κ3) is 2.06. The van der Waals surface area contributed by atoms with Crippen molar-refractivity contribution in [2.45, 2.75) is 19.1 Å². The molecule has 0 bridgehead atoms. The van der Waals surface area contributed by atoms with Crippen molar-refractivity contribution in [3.8, 4) is 0 Å².